The van der Waals surface area contributed by atoms with E-state index in [0.29, 0.717) is 23.1 Å². The zero-order chi connectivity index (χ0) is 20.6. The van der Waals surface area contributed by atoms with Crippen LogP contribution in [0.5, 0.6) is 0 Å². The lowest BCUT2D eigenvalue weighted by atomic mass is 9.96. The maximum Gasteiger partial charge on any atom is 0.250 e. The number of ether oxygens (including phenoxy) is 1. The number of nitrogens with zero attached hydrogens (tertiary/aromatic N) is 5. The highest BCUT2D eigenvalue weighted by atomic mass is 32.2. The van der Waals surface area contributed by atoms with Crippen LogP contribution in [0, 0.1) is 0 Å². The van der Waals surface area contributed by atoms with Crippen molar-refractivity contribution in [2.24, 2.45) is 0 Å². The molecule has 4 rings (SSSR count). The Morgan fingerprint density at radius 1 is 1.41 bits per heavy atom. The van der Waals surface area contributed by atoms with Crippen molar-refractivity contribution in [3.05, 3.63) is 24.3 Å². The number of para-hydroxylation sites is 2. The molecule has 0 spiro atoms. The Morgan fingerprint density at radius 3 is 2.97 bits per heavy atom. The molecular formula is C19H24N6O3S. The van der Waals surface area contributed by atoms with Gasteiger partial charge in [0, 0.05) is 6.61 Å². The second-order valence-corrected chi connectivity index (χ2v) is 9.05. The molecule has 29 heavy (non-hydrogen) atoms. The molecular weight excluding hydrogens is 392 g/mol. The Labute approximate surface area is 173 Å². The van der Waals surface area contributed by atoms with Crippen molar-refractivity contribution < 1.29 is 14.3 Å². The predicted molar refractivity (Wildman–Crippen MR) is 109 cm³/mol. The molecule has 2 amide bonds. The normalized spacial score (nSPS) is 21.6. The fourth-order valence-electron chi connectivity index (χ4n) is 3.61. The Balaban J connectivity index is 1.55. The number of thioether (sulfide) groups is 1. The van der Waals surface area contributed by atoms with Gasteiger partial charge in [-0.2, -0.15) is 0 Å². The first-order chi connectivity index (χ1) is 13.9. The first-order valence-corrected chi connectivity index (χ1v) is 10.5. The number of benzene rings is 1. The molecule has 1 aromatic heterocycles. The summed E-state index contributed by atoms with van der Waals surface area (Å²) in [6.45, 7) is 6.62. The van der Waals surface area contributed by atoms with Crippen molar-refractivity contribution in [2.45, 2.75) is 62.2 Å². The number of aromatic nitrogens is 4. The highest BCUT2D eigenvalue weighted by Gasteiger charge is 2.45. The van der Waals surface area contributed by atoms with Gasteiger partial charge < -0.3 is 10.1 Å². The van der Waals surface area contributed by atoms with Gasteiger partial charge >= 0.3 is 0 Å². The van der Waals surface area contributed by atoms with E-state index in [1.54, 1.807) is 29.5 Å². The van der Waals surface area contributed by atoms with Crippen LogP contribution in [0.15, 0.2) is 29.4 Å². The van der Waals surface area contributed by atoms with E-state index in [-0.39, 0.29) is 17.9 Å². The molecule has 0 aliphatic carbocycles. The van der Waals surface area contributed by atoms with E-state index in [2.05, 4.69) is 20.8 Å². The third-order valence-electron chi connectivity index (χ3n) is 5.26. The number of nitrogens with one attached hydrogen (secondary N) is 1. The molecule has 10 heteroatoms. The number of carbonyl (C=O) groups excluding carboxylic acids is 2. The molecule has 2 aliphatic rings. The predicted octanol–water partition coefficient (Wildman–Crippen LogP) is 2.10. The third-order valence-corrected chi connectivity index (χ3v) is 6.32. The highest BCUT2D eigenvalue weighted by Crippen LogP contribution is 2.38. The maximum atomic E-state index is 13.4. The van der Waals surface area contributed by atoms with Gasteiger partial charge in [0.05, 0.1) is 29.3 Å². The van der Waals surface area contributed by atoms with Crippen LogP contribution in [0.3, 0.4) is 0 Å². The first-order valence-electron chi connectivity index (χ1n) is 9.67. The van der Waals surface area contributed by atoms with Gasteiger partial charge in [0.15, 0.2) is 0 Å². The van der Waals surface area contributed by atoms with Gasteiger partial charge in [-0.1, -0.05) is 23.9 Å². The van der Waals surface area contributed by atoms with Crippen molar-refractivity contribution in [3.8, 4) is 0 Å². The minimum atomic E-state index is -1.01. The van der Waals surface area contributed by atoms with Crippen molar-refractivity contribution in [1.29, 1.82) is 0 Å². The van der Waals surface area contributed by atoms with Crippen molar-refractivity contribution in [3.63, 3.8) is 0 Å². The Hall–Kier alpha value is -2.46. The Bertz CT molecular complexity index is 924. The quantitative estimate of drug-likeness (QED) is 0.745. The molecule has 0 radical (unpaired) electrons. The van der Waals surface area contributed by atoms with Crippen LogP contribution in [0.4, 0.5) is 11.4 Å². The number of hydrogen-bond donors (Lipinski definition) is 1. The van der Waals surface area contributed by atoms with Gasteiger partial charge in [-0.05, 0) is 56.2 Å². The van der Waals surface area contributed by atoms with Crippen molar-refractivity contribution >= 4 is 35.0 Å². The van der Waals surface area contributed by atoms with E-state index < -0.39 is 10.8 Å². The fourth-order valence-corrected chi connectivity index (χ4v) is 4.45. The molecule has 1 saturated heterocycles. The fraction of sp³-hybridized carbons (Fsp3) is 0.526. The maximum absolute atomic E-state index is 13.4. The molecule has 2 aliphatic heterocycles. The summed E-state index contributed by atoms with van der Waals surface area (Å²) in [5.74, 6) is -0.390. The summed E-state index contributed by atoms with van der Waals surface area (Å²) in [6, 6.07) is 7.32. The third kappa shape index (κ3) is 3.74. The van der Waals surface area contributed by atoms with Crippen molar-refractivity contribution in [2.75, 3.05) is 16.8 Å². The van der Waals surface area contributed by atoms with Gasteiger partial charge in [0.25, 0.3) is 0 Å². The molecule has 2 aromatic rings. The SMILES string of the molecule is C[C@H](Sc1nnnn1C[C@@H]1CCCO1)C(=O)N1c2ccccc2NC(=O)C1(C)C. The Kier molecular flexibility index (Phi) is 5.30. The molecule has 0 bridgehead atoms. The number of anilines is 2. The monoisotopic (exact) mass is 416 g/mol. The lowest BCUT2D eigenvalue weighted by molar-refractivity contribution is -0.126. The number of hydrogen-bond acceptors (Lipinski definition) is 7. The van der Waals surface area contributed by atoms with E-state index in [1.165, 1.54) is 11.8 Å². The van der Waals surface area contributed by atoms with Crippen molar-refractivity contribution in [1.82, 2.24) is 20.2 Å². The number of tetrazole rings is 1. The standard InChI is InChI=1S/C19H24N6O3S/c1-12(29-18-21-22-23-24(18)11-13-7-6-10-28-13)16(26)25-15-9-5-4-8-14(15)20-17(27)19(25,2)3/h4-5,8-9,12-13H,6-7,10-11H2,1-3H3,(H,20,27)/t12-,13-/m0/s1. The van der Waals surface area contributed by atoms with Crippen LogP contribution in [0.2, 0.25) is 0 Å². The summed E-state index contributed by atoms with van der Waals surface area (Å²) in [5.41, 5.74) is 0.309. The van der Waals surface area contributed by atoms with Crippen LogP contribution in [-0.4, -0.2) is 55.5 Å². The zero-order valence-electron chi connectivity index (χ0n) is 16.7. The van der Waals surface area contributed by atoms with Gasteiger partial charge in [-0.3, -0.25) is 14.5 Å². The van der Waals surface area contributed by atoms with Crippen LogP contribution in [0.1, 0.15) is 33.6 Å². The van der Waals surface area contributed by atoms with Crippen LogP contribution in [-0.2, 0) is 20.9 Å². The molecule has 2 atom stereocenters. The summed E-state index contributed by atoms with van der Waals surface area (Å²) >= 11 is 1.29. The van der Waals surface area contributed by atoms with Crippen LogP contribution < -0.4 is 10.2 Å². The average Bonchev–Trinajstić information content (AvgIpc) is 3.35. The van der Waals surface area contributed by atoms with Gasteiger partial charge in [0.1, 0.15) is 5.54 Å². The summed E-state index contributed by atoms with van der Waals surface area (Å²) < 4.78 is 7.35. The first kappa shape index (κ1) is 19.8. The van der Waals surface area contributed by atoms with Crippen LogP contribution in [0.25, 0.3) is 0 Å². The second-order valence-electron chi connectivity index (χ2n) is 7.74. The highest BCUT2D eigenvalue weighted by molar-refractivity contribution is 8.00. The molecule has 1 N–H and O–H groups in total. The molecule has 1 aromatic carbocycles. The molecule has 154 valence electrons. The number of rotatable bonds is 5. The summed E-state index contributed by atoms with van der Waals surface area (Å²) in [7, 11) is 0. The van der Waals surface area contributed by atoms with Gasteiger partial charge in [-0.15, -0.1) is 5.10 Å². The van der Waals surface area contributed by atoms with Gasteiger partial charge in [0.2, 0.25) is 17.0 Å². The summed E-state index contributed by atoms with van der Waals surface area (Å²) in [6.07, 6.45) is 2.11. The van der Waals surface area contributed by atoms with Crippen LogP contribution >= 0.6 is 11.8 Å². The lowest BCUT2D eigenvalue weighted by Gasteiger charge is -2.43. The minimum absolute atomic E-state index is 0.0976. The molecule has 0 saturated carbocycles. The summed E-state index contributed by atoms with van der Waals surface area (Å²) in [4.78, 5) is 27.6. The Morgan fingerprint density at radius 2 is 2.21 bits per heavy atom. The topological polar surface area (TPSA) is 102 Å². The lowest BCUT2D eigenvalue weighted by Crippen LogP contribution is -2.60. The molecule has 3 heterocycles. The van der Waals surface area contributed by atoms with E-state index in [0.717, 1.165) is 19.4 Å². The molecule has 1 fully saturated rings. The summed E-state index contributed by atoms with van der Waals surface area (Å²) in [5, 5.41) is 14.8. The van der Waals surface area contributed by atoms with Gasteiger partial charge in [-0.25, -0.2) is 4.68 Å². The molecule has 9 nitrogen and oxygen atoms in total. The largest absolute Gasteiger partial charge is 0.376 e. The second kappa shape index (κ2) is 7.75. The molecule has 0 unspecified atom stereocenters. The number of fused-ring (bicyclic) bond motifs is 1. The minimum Gasteiger partial charge on any atom is -0.376 e. The van der Waals surface area contributed by atoms with E-state index in [1.807, 2.05) is 25.1 Å². The van der Waals surface area contributed by atoms with E-state index in [9.17, 15) is 9.59 Å². The smallest absolute Gasteiger partial charge is 0.250 e. The van der Waals surface area contributed by atoms with E-state index >= 15 is 0 Å². The number of carbonyl (C=O) groups is 2. The average molecular weight is 417 g/mol. The zero-order valence-corrected chi connectivity index (χ0v) is 17.5. The van der Waals surface area contributed by atoms with E-state index in [4.69, 9.17) is 4.74 Å². The number of amides is 2.